The molecule has 0 radical (unpaired) electrons. The van der Waals surface area contributed by atoms with Gasteiger partial charge in [-0.3, -0.25) is 14.4 Å². The number of hydrogen-bond donors (Lipinski definition) is 2. The van der Waals surface area contributed by atoms with E-state index < -0.39 is 35.3 Å². The van der Waals surface area contributed by atoms with Crippen LogP contribution in [0.1, 0.15) is 83.8 Å². The van der Waals surface area contributed by atoms with Crippen LogP contribution in [0, 0.1) is 11.8 Å². The van der Waals surface area contributed by atoms with E-state index in [9.17, 15) is 19.5 Å². The highest BCUT2D eigenvalue weighted by Gasteiger charge is 2.30. The molecule has 1 aromatic rings. The second kappa shape index (κ2) is 13.1. The Bertz CT molecular complexity index is 702. The third kappa shape index (κ3) is 11.6. The van der Waals surface area contributed by atoms with E-state index in [0.29, 0.717) is 32.1 Å². The Morgan fingerprint density at radius 3 is 1.97 bits per heavy atom. The van der Waals surface area contributed by atoms with Crippen LogP contribution in [0.2, 0.25) is 0 Å². The van der Waals surface area contributed by atoms with Gasteiger partial charge >= 0.3 is 17.9 Å². The van der Waals surface area contributed by atoms with Gasteiger partial charge in [-0.05, 0) is 70.4 Å². The Hall–Kier alpha value is -2.37. The van der Waals surface area contributed by atoms with Crippen molar-refractivity contribution in [3.63, 3.8) is 0 Å². The van der Waals surface area contributed by atoms with Crippen molar-refractivity contribution in [2.45, 2.75) is 91.1 Å². The van der Waals surface area contributed by atoms with Gasteiger partial charge in [0.1, 0.15) is 5.60 Å². The van der Waals surface area contributed by atoms with Gasteiger partial charge in [0.15, 0.2) is 0 Å². The number of rotatable bonds is 14. The van der Waals surface area contributed by atoms with Crippen LogP contribution in [0.5, 0.6) is 0 Å². The second-order valence-electron chi connectivity index (χ2n) is 9.25. The van der Waals surface area contributed by atoms with E-state index in [1.807, 2.05) is 12.1 Å². The number of carboxylic acids is 2. The van der Waals surface area contributed by atoms with Crippen molar-refractivity contribution >= 4 is 17.9 Å². The van der Waals surface area contributed by atoms with E-state index in [1.54, 1.807) is 20.8 Å². The van der Waals surface area contributed by atoms with Crippen LogP contribution in [0.15, 0.2) is 24.3 Å². The van der Waals surface area contributed by atoms with E-state index in [2.05, 4.69) is 19.1 Å². The normalized spacial score (nSPS) is 13.4. The first-order chi connectivity index (χ1) is 14.5. The lowest BCUT2D eigenvalue weighted by Gasteiger charge is -2.25. The lowest BCUT2D eigenvalue weighted by atomic mass is 9.86. The molecule has 31 heavy (non-hydrogen) atoms. The minimum absolute atomic E-state index is 0.0391. The molecule has 6 heteroatoms. The molecule has 0 amide bonds. The topological polar surface area (TPSA) is 101 Å². The summed E-state index contributed by atoms with van der Waals surface area (Å²) in [4.78, 5) is 35.3. The molecule has 0 aliphatic carbocycles. The first kappa shape index (κ1) is 26.7. The van der Waals surface area contributed by atoms with E-state index in [-0.39, 0.29) is 12.8 Å². The van der Waals surface area contributed by atoms with Gasteiger partial charge in [-0.25, -0.2) is 0 Å². The number of ether oxygens (including phenoxy) is 1. The molecule has 0 saturated carbocycles. The standard InChI is InChI=1S/C25H38O6/c1-5-8-18-11-13-19(14-12-18)15-16-20(23(28)29)17-21(9-6-7-10-22(26)27)24(30)31-25(2,3)4/h11-14,20-21H,5-10,15-17H2,1-4H3,(H,26,27)(H,28,29)/t20-,21?/m1/s1. The molecule has 0 aromatic heterocycles. The summed E-state index contributed by atoms with van der Waals surface area (Å²) < 4.78 is 5.51. The summed E-state index contributed by atoms with van der Waals surface area (Å²) >= 11 is 0. The highest BCUT2D eigenvalue weighted by Crippen LogP contribution is 2.26. The Morgan fingerprint density at radius 1 is 0.903 bits per heavy atom. The highest BCUT2D eigenvalue weighted by molar-refractivity contribution is 5.75. The van der Waals surface area contributed by atoms with Gasteiger partial charge in [-0.15, -0.1) is 0 Å². The van der Waals surface area contributed by atoms with Gasteiger partial charge in [0.05, 0.1) is 11.8 Å². The monoisotopic (exact) mass is 434 g/mol. The maximum absolute atomic E-state index is 12.7. The fourth-order valence-corrected chi connectivity index (χ4v) is 3.57. The molecule has 0 aliphatic heterocycles. The third-order valence-corrected chi connectivity index (χ3v) is 5.19. The Morgan fingerprint density at radius 2 is 1.48 bits per heavy atom. The number of carboxylic acid groups (broad SMARTS) is 2. The van der Waals surface area contributed by atoms with Crippen molar-refractivity contribution in [1.82, 2.24) is 0 Å². The number of esters is 1. The molecule has 0 saturated heterocycles. The molecule has 2 atom stereocenters. The molecule has 0 spiro atoms. The summed E-state index contributed by atoms with van der Waals surface area (Å²) in [6.45, 7) is 7.48. The van der Waals surface area contributed by atoms with Crippen molar-refractivity contribution in [3.05, 3.63) is 35.4 Å². The SMILES string of the molecule is CCCc1ccc(CC[C@H](CC(CCCCC(=O)O)C(=O)OC(C)(C)C)C(=O)O)cc1. The van der Waals surface area contributed by atoms with Crippen molar-refractivity contribution in [1.29, 1.82) is 0 Å². The van der Waals surface area contributed by atoms with Crippen LogP contribution in [0.25, 0.3) is 0 Å². The minimum Gasteiger partial charge on any atom is -0.481 e. The second-order valence-corrected chi connectivity index (χ2v) is 9.25. The lowest BCUT2D eigenvalue weighted by molar-refractivity contribution is -0.161. The molecule has 174 valence electrons. The van der Waals surface area contributed by atoms with Gasteiger partial charge < -0.3 is 14.9 Å². The smallest absolute Gasteiger partial charge is 0.309 e. The number of hydrogen-bond acceptors (Lipinski definition) is 4. The number of carbonyl (C=O) groups is 3. The Balaban J connectivity index is 2.77. The fraction of sp³-hybridized carbons (Fsp3) is 0.640. The predicted octanol–water partition coefficient (Wildman–Crippen LogP) is 5.27. The van der Waals surface area contributed by atoms with Crippen LogP contribution < -0.4 is 0 Å². The number of unbranched alkanes of at least 4 members (excludes halogenated alkanes) is 1. The average Bonchev–Trinajstić information content (AvgIpc) is 2.66. The summed E-state index contributed by atoms with van der Waals surface area (Å²) in [7, 11) is 0. The molecule has 6 nitrogen and oxygen atoms in total. The summed E-state index contributed by atoms with van der Waals surface area (Å²) in [6, 6.07) is 8.25. The quantitative estimate of drug-likeness (QED) is 0.306. The van der Waals surface area contributed by atoms with Crippen LogP contribution in [0.4, 0.5) is 0 Å². The maximum atomic E-state index is 12.7. The zero-order chi connectivity index (χ0) is 23.4. The van der Waals surface area contributed by atoms with Crippen LogP contribution in [-0.4, -0.2) is 33.7 Å². The summed E-state index contributed by atoms with van der Waals surface area (Å²) in [5.74, 6) is -3.41. The Labute approximate surface area is 186 Å². The number of benzene rings is 1. The van der Waals surface area contributed by atoms with Crippen molar-refractivity contribution in [3.8, 4) is 0 Å². The molecule has 0 fully saturated rings. The third-order valence-electron chi connectivity index (χ3n) is 5.19. The molecular formula is C25H38O6. The zero-order valence-corrected chi connectivity index (χ0v) is 19.4. The first-order valence-electron chi connectivity index (χ1n) is 11.3. The average molecular weight is 435 g/mol. The first-order valence-corrected chi connectivity index (χ1v) is 11.3. The lowest BCUT2D eigenvalue weighted by Crippen LogP contribution is -2.31. The van der Waals surface area contributed by atoms with Crippen LogP contribution >= 0.6 is 0 Å². The maximum Gasteiger partial charge on any atom is 0.309 e. The number of aliphatic carboxylic acids is 2. The van der Waals surface area contributed by atoms with Gasteiger partial charge in [0.2, 0.25) is 0 Å². The molecular weight excluding hydrogens is 396 g/mol. The van der Waals surface area contributed by atoms with E-state index in [1.165, 1.54) is 5.56 Å². The molecule has 1 unspecified atom stereocenters. The van der Waals surface area contributed by atoms with E-state index in [4.69, 9.17) is 9.84 Å². The van der Waals surface area contributed by atoms with Gasteiger partial charge in [-0.2, -0.15) is 0 Å². The molecule has 1 aromatic carbocycles. The summed E-state index contributed by atoms with van der Waals surface area (Å²) in [5, 5.41) is 18.6. The molecule has 2 N–H and O–H groups in total. The van der Waals surface area contributed by atoms with Crippen LogP contribution in [0.3, 0.4) is 0 Å². The van der Waals surface area contributed by atoms with Crippen molar-refractivity contribution < 1.29 is 29.3 Å². The van der Waals surface area contributed by atoms with Crippen LogP contribution in [-0.2, 0) is 32.0 Å². The number of aryl methyl sites for hydroxylation is 2. The molecule has 0 heterocycles. The van der Waals surface area contributed by atoms with E-state index >= 15 is 0 Å². The predicted molar refractivity (Wildman–Crippen MR) is 120 cm³/mol. The minimum atomic E-state index is -0.915. The summed E-state index contributed by atoms with van der Waals surface area (Å²) in [5.41, 5.74) is 1.70. The Kier molecular flexibility index (Phi) is 11.3. The van der Waals surface area contributed by atoms with Gasteiger partial charge in [0.25, 0.3) is 0 Å². The highest BCUT2D eigenvalue weighted by atomic mass is 16.6. The van der Waals surface area contributed by atoms with Crippen molar-refractivity contribution in [2.75, 3.05) is 0 Å². The zero-order valence-electron chi connectivity index (χ0n) is 19.4. The molecule has 0 aliphatic rings. The molecule has 0 bridgehead atoms. The largest absolute Gasteiger partial charge is 0.481 e. The van der Waals surface area contributed by atoms with E-state index in [0.717, 1.165) is 18.4 Å². The molecule has 1 rings (SSSR count). The fourth-order valence-electron chi connectivity index (χ4n) is 3.57. The van der Waals surface area contributed by atoms with Crippen molar-refractivity contribution in [2.24, 2.45) is 11.8 Å². The van der Waals surface area contributed by atoms with Gasteiger partial charge in [-0.1, -0.05) is 44.0 Å². The summed E-state index contributed by atoms with van der Waals surface area (Å²) in [6.07, 6.45) is 4.84. The number of carbonyl (C=O) groups excluding carboxylic acids is 1. The van der Waals surface area contributed by atoms with Gasteiger partial charge in [0, 0.05) is 6.42 Å².